The number of nitrogens with zero attached hydrogens (tertiary/aromatic N) is 5. The molecule has 1 saturated heterocycles. The molecule has 1 amide bonds. The van der Waals surface area contributed by atoms with Crippen LogP contribution in [-0.4, -0.2) is 51.6 Å². The average molecular weight is 499 g/mol. The highest BCUT2D eigenvalue weighted by atomic mass is 32.2. The summed E-state index contributed by atoms with van der Waals surface area (Å²) in [6.45, 7) is 4.32. The van der Waals surface area contributed by atoms with Crippen LogP contribution in [0.15, 0.2) is 47.4 Å². The van der Waals surface area contributed by atoms with Gasteiger partial charge in [-0.15, -0.1) is 5.10 Å². The Morgan fingerprint density at radius 2 is 1.77 bits per heavy atom. The molecule has 1 N–H and O–H groups in total. The van der Waals surface area contributed by atoms with Crippen molar-refractivity contribution in [2.24, 2.45) is 0 Å². The van der Waals surface area contributed by atoms with Crippen molar-refractivity contribution in [1.29, 1.82) is 0 Å². The fourth-order valence-electron chi connectivity index (χ4n) is 4.09. The number of carbonyl (C=O) groups excluding carboxylic acids is 1. The lowest BCUT2D eigenvalue weighted by atomic mass is 10.2. The van der Waals surface area contributed by atoms with Crippen LogP contribution >= 0.6 is 0 Å². The van der Waals surface area contributed by atoms with Gasteiger partial charge in [0.2, 0.25) is 10.0 Å². The maximum atomic E-state index is 13.3. The van der Waals surface area contributed by atoms with Crippen LogP contribution in [0.25, 0.3) is 5.69 Å². The number of carbonyl (C=O) groups is 1. The van der Waals surface area contributed by atoms with Crippen molar-refractivity contribution in [1.82, 2.24) is 19.3 Å². The first-order valence-electron chi connectivity index (χ1n) is 11.3. The van der Waals surface area contributed by atoms with Gasteiger partial charge < -0.3 is 5.32 Å². The number of hydrogen-bond acceptors (Lipinski definition) is 7. The molecule has 4 rings (SSSR count). The van der Waals surface area contributed by atoms with E-state index in [1.807, 2.05) is 0 Å². The molecule has 35 heavy (non-hydrogen) atoms. The van der Waals surface area contributed by atoms with Crippen LogP contribution in [0.1, 0.15) is 47.4 Å². The molecule has 1 aromatic heterocycles. The number of hydrogen-bond donors (Lipinski definition) is 1. The first-order chi connectivity index (χ1) is 16.7. The summed E-state index contributed by atoms with van der Waals surface area (Å²) in [6.07, 6.45) is 3.68. The summed E-state index contributed by atoms with van der Waals surface area (Å²) in [5.74, 6) is -0.568. The van der Waals surface area contributed by atoms with Gasteiger partial charge in [-0.05, 0) is 50.5 Å². The number of rotatable bonds is 6. The number of sulfonamides is 1. The Morgan fingerprint density at radius 3 is 2.46 bits per heavy atom. The maximum absolute atomic E-state index is 13.3. The molecule has 2 aromatic carbocycles. The standard InChI is InChI=1S/C23H26N6O5S/c1-16-10-11-18(14-21(16)35(33,34)27-12-5-3-4-6-13-27)24-23(30)22-17(2)28(26-25-22)19-8-7-9-20(15-19)29(31)32/h7-11,14-15H,3-6,12-13H2,1-2H3,(H,24,30). The quantitative estimate of drug-likeness (QED) is 0.404. The van der Waals surface area contributed by atoms with Gasteiger partial charge in [-0.1, -0.05) is 30.2 Å². The minimum atomic E-state index is -3.70. The molecular formula is C23H26N6O5S. The molecule has 0 aliphatic carbocycles. The van der Waals surface area contributed by atoms with Crippen LogP contribution in [0.2, 0.25) is 0 Å². The zero-order valence-electron chi connectivity index (χ0n) is 19.5. The summed E-state index contributed by atoms with van der Waals surface area (Å²) in [6, 6.07) is 10.6. The Hall–Kier alpha value is -3.64. The molecule has 0 saturated carbocycles. The minimum Gasteiger partial charge on any atom is -0.320 e. The monoisotopic (exact) mass is 498 g/mol. The average Bonchev–Trinajstić information content (AvgIpc) is 3.02. The zero-order valence-corrected chi connectivity index (χ0v) is 20.3. The van der Waals surface area contributed by atoms with Crippen LogP contribution in [0.3, 0.4) is 0 Å². The molecule has 11 nitrogen and oxygen atoms in total. The minimum absolute atomic E-state index is 0.0222. The Bertz CT molecular complexity index is 1380. The van der Waals surface area contributed by atoms with Crippen molar-refractivity contribution >= 4 is 27.3 Å². The predicted octanol–water partition coefficient (Wildman–Crippen LogP) is 3.61. The fourth-order valence-corrected chi connectivity index (χ4v) is 5.86. The number of aromatic nitrogens is 3. The van der Waals surface area contributed by atoms with E-state index in [1.54, 1.807) is 32.0 Å². The first-order valence-corrected chi connectivity index (χ1v) is 12.7. The van der Waals surface area contributed by atoms with Crippen molar-refractivity contribution in [3.8, 4) is 5.69 Å². The summed E-state index contributed by atoms with van der Waals surface area (Å²) >= 11 is 0. The van der Waals surface area contributed by atoms with E-state index in [-0.39, 0.29) is 16.3 Å². The van der Waals surface area contributed by atoms with E-state index < -0.39 is 20.9 Å². The third kappa shape index (κ3) is 5.08. The third-order valence-corrected chi connectivity index (χ3v) is 8.06. The smallest absolute Gasteiger partial charge is 0.278 e. The molecule has 0 spiro atoms. The Labute approximate surface area is 203 Å². The topological polar surface area (TPSA) is 140 Å². The normalized spacial score (nSPS) is 14.9. The molecule has 0 radical (unpaired) electrons. The summed E-state index contributed by atoms with van der Waals surface area (Å²) < 4.78 is 29.5. The lowest BCUT2D eigenvalue weighted by Crippen LogP contribution is -2.32. The van der Waals surface area contributed by atoms with E-state index in [0.717, 1.165) is 25.7 Å². The van der Waals surface area contributed by atoms with Crippen LogP contribution in [-0.2, 0) is 10.0 Å². The summed E-state index contributed by atoms with van der Waals surface area (Å²) in [4.78, 5) is 23.7. The molecular weight excluding hydrogens is 472 g/mol. The number of nitrogens with one attached hydrogen (secondary N) is 1. The van der Waals surface area contributed by atoms with Crippen LogP contribution in [0.4, 0.5) is 11.4 Å². The summed E-state index contributed by atoms with van der Waals surface area (Å²) in [5, 5.41) is 21.7. The largest absolute Gasteiger partial charge is 0.320 e. The van der Waals surface area contributed by atoms with Crippen LogP contribution in [0.5, 0.6) is 0 Å². The second-order valence-corrected chi connectivity index (χ2v) is 10.4. The van der Waals surface area contributed by atoms with E-state index in [9.17, 15) is 23.3 Å². The van der Waals surface area contributed by atoms with E-state index in [1.165, 1.54) is 33.3 Å². The number of nitro groups is 1. The number of amides is 1. The lowest BCUT2D eigenvalue weighted by Gasteiger charge is -2.21. The third-order valence-electron chi connectivity index (χ3n) is 6.02. The zero-order chi connectivity index (χ0) is 25.2. The molecule has 184 valence electrons. The molecule has 1 aliphatic heterocycles. The SMILES string of the molecule is Cc1ccc(NC(=O)c2nnn(-c3cccc([N+](=O)[O-])c3)c2C)cc1S(=O)(=O)N1CCCCCC1. The van der Waals surface area contributed by atoms with Crippen molar-refractivity contribution in [2.45, 2.75) is 44.4 Å². The molecule has 2 heterocycles. The second-order valence-electron chi connectivity index (χ2n) is 8.46. The predicted molar refractivity (Wildman–Crippen MR) is 129 cm³/mol. The highest BCUT2D eigenvalue weighted by Crippen LogP contribution is 2.26. The first kappa shape index (κ1) is 24.5. The highest BCUT2D eigenvalue weighted by molar-refractivity contribution is 7.89. The maximum Gasteiger partial charge on any atom is 0.278 e. The van der Waals surface area contributed by atoms with E-state index in [4.69, 9.17) is 0 Å². The number of benzene rings is 2. The number of non-ortho nitro benzene ring substituents is 1. The van der Waals surface area contributed by atoms with E-state index in [2.05, 4.69) is 15.6 Å². The van der Waals surface area contributed by atoms with Gasteiger partial charge in [0.05, 0.1) is 21.2 Å². The second kappa shape index (κ2) is 9.92. The van der Waals surface area contributed by atoms with Crippen molar-refractivity contribution in [3.63, 3.8) is 0 Å². The van der Waals surface area contributed by atoms with E-state index in [0.29, 0.717) is 35.7 Å². The van der Waals surface area contributed by atoms with Crippen molar-refractivity contribution in [2.75, 3.05) is 18.4 Å². The molecule has 1 aliphatic rings. The Morgan fingerprint density at radius 1 is 1.06 bits per heavy atom. The van der Waals surface area contributed by atoms with Crippen LogP contribution in [0, 0.1) is 24.0 Å². The van der Waals surface area contributed by atoms with Gasteiger partial charge >= 0.3 is 0 Å². The van der Waals surface area contributed by atoms with Crippen molar-refractivity contribution in [3.05, 3.63) is 69.5 Å². The van der Waals surface area contributed by atoms with Gasteiger partial charge in [0, 0.05) is 30.9 Å². The molecule has 12 heteroatoms. The highest BCUT2D eigenvalue weighted by Gasteiger charge is 2.27. The van der Waals surface area contributed by atoms with Crippen molar-refractivity contribution < 1.29 is 18.1 Å². The van der Waals surface area contributed by atoms with Gasteiger partial charge in [-0.2, -0.15) is 4.31 Å². The molecule has 0 bridgehead atoms. The van der Waals surface area contributed by atoms with Gasteiger partial charge in [0.1, 0.15) is 0 Å². The number of nitro benzene ring substituents is 1. The lowest BCUT2D eigenvalue weighted by molar-refractivity contribution is -0.384. The molecule has 0 unspecified atom stereocenters. The number of aryl methyl sites for hydroxylation is 1. The van der Waals surface area contributed by atoms with E-state index >= 15 is 0 Å². The molecule has 1 fully saturated rings. The van der Waals surface area contributed by atoms with Gasteiger partial charge in [-0.3, -0.25) is 14.9 Å². The van der Waals surface area contributed by atoms with Gasteiger partial charge in [0.25, 0.3) is 11.6 Å². The summed E-state index contributed by atoms with van der Waals surface area (Å²) in [7, 11) is -3.70. The van der Waals surface area contributed by atoms with Gasteiger partial charge in [0.15, 0.2) is 5.69 Å². The van der Waals surface area contributed by atoms with Crippen LogP contribution < -0.4 is 5.32 Å². The summed E-state index contributed by atoms with van der Waals surface area (Å²) in [5.41, 5.74) is 1.60. The molecule has 0 atom stereocenters. The fraction of sp³-hybridized carbons (Fsp3) is 0.348. The Balaban J connectivity index is 1.58. The molecule has 3 aromatic rings. The Kier molecular flexibility index (Phi) is 6.94. The number of anilines is 1. The van der Waals surface area contributed by atoms with Gasteiger partial charge in [-0.25, -0.2) is 13.1 Å².